The summed E-state index contributed by atoms with van der Waals surface area (Å²) in [6.45, 7) is 0.380. The van der Waals surface area contributed by atoms with E-state index in [0.717, 1.165) is 4.70 Å². The number of carbonyl (C=O) groups excluding carboxylic acids is 2. The predicted octanol–water partition coefficient (Wildman–Crippen LogP) is 2.72. The number of carbonyl (C=O) groups is 2. The summed E-state index contributed by atoms with van der Waals surface area (Å²) in [5.41, 5.74) is 0. The van der Waals surface area contributed by atoms with Crippen LogP contribution in [0.1, 0.15) is 22.5 Å². The molecule has 1 N–H and O–H groups in total. The molecule has 2 aromatic rings. The zero-order valence-corrected chi connectivity index (χ0v) is 11.8. The highest BCUT2D eigenvalue weighted by Gasteiger charge is 2.12. The van der Waals surface area contributed by atoms with E-state index in [0.29, 0.717) is 23.2 Å². The minimum absolute atomic E-state index is 0.254. The third-order valence-corrected chi connectivity index (χ3v) is 3.90. The summed E-state index contributed by atoms with van der Waals surface area (Å²) < 4.78 is 18.8. The maximum Gasteiger partial charge on any atom is 0.305 e. The van der Waals surface area contributed by atoms with Crippen LogP contribution in [0.25, 0.3) is 10.1 Å². The number of thiophene rings is 1. The SMILES string of the molecule is COC(=O)CCCNC(=O)c1cc2c(F)cccc2s1. The van der Waals surface area contributed by atoms with E-state index >= 15 is 0 Å². The monoisotopic (exact) mass is 295 g/mol. The van der Waals surface area contributed by atoms with Gasteiger partial charge in [-0.15, -0.1) is 11.3 Å². The van der Waals surface area contributed by atoms with Gasteiger partial charge in [-0.3, -0.25) is 9.59 Å². The number of hydrogen-bond acceptors (Lipinski definition) is 4. The third kappa shape index (κ3) is 3.33. The van der Waals surface area contributed by atoms with Crippen molar-refractivity contribution in [2.24, 2.45) is 0 Å². The molecule has 0 unspecified atom stereocenters. The summed E-state index contributed by atoms with van der Waals surface area (Å²) in [7, 11) is 1.33. The number of nitrogens with one attached hydrogen (secondary N) is 1. The fraction of sp³-hybridized carbons (Fsp3) is 0.286. The highest BCUT2D eigenvalue weighted by molar-refractivity contribution is 7.20. The van der Waals surface area contributed by atoms with Crippen LogP contribution in [-0.4, -0.2) is 25.5 Å². The van der Waals surface area contributed by atoms with E-state index in [1.54, 1.807) is 18.2 Å². The van der Waals surface area contributed by atoms with Gasteiger partial charge in [-0.1, -0.05) is 6.07 Å². The van der Waals surface area contributed by atoms with Crippen LogP contribution >= 0.6 is 11.3 Å². The van der Waals surface area contributed by atoms with Crippen molar-refractivity contribution in [1.29, 1.82) is 0 Å². The molecule has 4 nitrogen and oxygen atoms in total. The van der Waals surface area contributed by atoms with Gasteiger partial charge in [-0.05, 0) is 24.6 Å². The van der Waals surface area contributed by atoms with Gasteiger partial charge in [-0.2, -0.15) is 0 Å². The van der Waals surface area contributed by atoms with Crippen LogP contribution in [0.4, 0.5) is 4.39 Å². The van der Waals surface area contributed by atoms with Gasteiger partial charge in [0.25, 0.3) is 5.91 Å². The van der Waals surface area contributed by atoms with Gasteiger partial charge in [-0.25, -0.2) is 4.39 Å². The Morgan fingerprint density at radius 2 is 2.20 bits per heavy atom. The van der Waals surface area contributed by atoms with Gasteiger partial charge in [0, 0.05) is 23.1 Å². The van der Waals surface area contributed by atoms with Gasteiger partial charge in [0.15, 0.2) is 0 Å². The smallest absolute Gasteiger partial charge is 0.305 e. The van der Waals surface area contributed by atoms with Crippen LogP contribution in [0.15, 0.2) is 24.3 Å². The molecule has 1 heterocycles. The van der Waals surface area contributed by atoms with Gasteiger partial charge >= 0.3 is 5.97 Å². The molecule has 6 heteroatoms. The average Bonchev–Trinajstić information content (AvgIpc) is 2.88. The first kappa shape index (κ1) is 14.5. The third-order valence-electron chi connectivity index (χ3n) is 2.80. The first-order valence-electron chi connectivity index (χ1n) is 6.15. The van der Waals surface area contributed by atoms with Crippen LogP contribution in [0.3, 0.4) is 0 Å². The second-order valence-corrected chi connectivity index (χ2v) is 5.28. The highest BCUT2D eigenvalue weighted by Crippen LogP contribution is 2.27. The van der Waals surface area contributed by atoms with Crippen molar-refractivity contribution < 1.29 is 18.7 Å². The Labute approximate surface area is 119 Å². The number of rotatable bonds is 5. The summed E-state index contributed by atoms with van der Waals surface area (Å²) >= 11 is 1.24. The Balaban J connectivity index is 1.94. The Morgan fingerprint density at radius 1 is 1.40 bits per heavy atom. The van der Waals surface area contributed by atoms with E-state index in [1.165, 1.54) is 24.5 Å². The second kappa shape index (κ2) is 6.47. The Morgan fingerprint density at radius 3 is 2.90 bits per heavy atom. The first-order valence-corrected chi connectivity index (χ1v) is 6.96. The Hall–Kier alpha value is -1.95. The van der Waals surface area contributed by atoms with E-state index in [2.05, 4.69) is 10.1 Å². The molecule has 0 atom stereocenters. The molecule has 0 aliphatic heterocycles. The fourth-order valence-electron chi connectivity index (χ4n) is 1.76. The van der Waals surface area contributed by atoms with Crippen LogP contribution in [-0.2, 0) is 9.53 Å². The maximum absolute atomic E-state index is 13.5. The van der Waals surface area contributed by atoms with Gasteiger partial charge in [0.2, 0.25) is 0 Å². The number of benzene rings is 1. The quantitative estimate of drug-likeness (QED) is 0.681. The number of amides is 1. The predicted molar refractivity (Wildman–Crippen MR) is 75.4 cm³/mol. The normalized spacial score (nSPS) is 10.5. The summed E-state index contributed by atoms with van der Waals surface area (Å²) in [6.07, 6.45) is 0.773. The van der Waals surface area contributed by atoms with Gasteiger partial charge < -0.3 is 10.1 Å². The van der Waals surface area contributed by atoms with Gasteiger partial charge in [0.1, 0.15) is 5.82 Å². The lowest BCUT2D eigenvalue weighted by Gasteiger charge is -2.02. The molecule has 0 spiro atoms. The largest absolute Gasteiger partial charge is 0.469 e. The van der Waals surface area contributed by atoms with Crippen molar-refractivity contribution in [3.63, 3.8) is 0 Å². The van der Waals surface area contributed by atoms with Crippen molar-refractivity contribution in [2.45, 2.75) is 12.8 Å². The number of halogens is 1. The molecule has 0 saturated carbocycles. The van der Waals surface area contributed by atoms with Gasteiger partial charge in [0.05, 0.1) is 12.0 Å². The van der Waals surface area contributed by atoms with Crippen LogP contribution < -0.4 is 5.32 Å². The summed E-state index contributed by atoms with van der Waals surface area (Å²) in [5, 5.41) is 3.16. The maximum atomic E-state index is 13.5. The molecule has 1 amide bonds. The van der Waals surface area contributed by atoms with Crippen LogP contribution in [0, 0.1) is 5.82 Å². The van der Waals surface area contributed by atoms with Crippen molar-refractivity contribution in [2.75, 3.05) is 13.7 Å². The van der Waals surface area contributed by atoms with Crippen molar-refractivity contribution in [1.82, 2.24) is 5.32 Å². The lowest BCUT2D eigenvalue weighted by atomic mass is 10.2. The lowest BCUT2D eigenvalue weighted by molar-refractivity contribution is -0.140. The van der Waals surface area contributed by atoms with E-state index in [1.807, 2.05) is 0 Å². The molecular formula is C14H14FNO3S. The molecule has 1 aromatic carbocycles. The zero-order valence-electron chi connectivity index (χ0n) is 10.9. The minimum atomic E-state index is -0.330. The number of hydrogen-bond donors (Lipinski definition) is 1. The minimum Gasteiger partial charge on any atom is -0.469 e. The summed E-state index contributed by atoms with van der Waals surface area (Å²) in [5.74, 6) is -0.887. The fourth-order valence-corrected chi connectivity index (χ4v) is 2.75. The highest BCUT2D eigenvalue weighted by atomic mass is 32.1. The van der Waals surface area contributed by atoms with Crippen LogP contribution in [0.5, 0.6) is 0 Å². The molecular weight excluding hydrogens is 281 g/mol. The number of fused-ring (bicyclic) bond motifs is 1. The van der Waals surface area contributed by atoms with E-state index in [-0.39, 0.29) is 24.1 Å². The molecule has 0 aliphatic rings. The molecule has 106 valence electrons. The lowest BCUT2D eigenvalue weighted by Crippen LogP contribution is -2.24. The van der Waals surface area contributed by atoms with Crippen LogP contribution in [0.2, 0.25) is 0 Å². The molecule has 0 radical (unpaired) electrons. The molecule has 0 aliphatic carbocycles. The average molecular weight is 295 g/mol. The molecule has 0 fully saturated rings. The standard InChI is InChI=1S/C14H14FNO3S/c1-19-13(17)6-3-7-16-14(18)12-8-9-10(15)4-2-5-11(9)20-12/h2,4-5,8H,3,6-7H2,1H3,(H,16,18). The number of methoxy groups -OCH3 is 1. The molecule has 1 aromatic heterocycles. The number of ether oxygens (including phenoxy) is 1. The summed E-state index contributed by atoms with van der Waals surface area (Å²) in [4.78, 5) is 23.3. The Kier molecular flexibility index (Phi) is 4.68. The molecule has 0 saturated heterocycles. The van der Waals surface area contributed by atoms with E-state index < -0.39 is 0 Å². The van der Waals surface area contributed by atoms with Crippen molar-refractivity contribution in [3.8, 4) is 0 Å². The number of esters is 1. The second-order valence-electron chi connectivity index (χ2n) is 4.20. The zero-order chi connectivity index (χ0) is 14.5. The molecule has 0 bridgehead atoms. The summed E-state index contributed by atoms with van der Waals surface area (Å²) in [6, 6.07) is 6.31. The topological polar surface area (TPSA) is 55.4 Å². The first-order chi connectivity index (χ1) is 9.61. The van der Waals surface area contributed by atoms with E-state index in [9.17, 15) is 14.0 Å². The molecule has 2 rings (SSSR count). The molecule has 20 heavy (non-hydrogen) atoms. The van der Waals surface area contributed by atoms with Crippen molar-refractivity contribution in [3.05, 3.63) is 35.0 Å². The van der Waals surface area contributed by atoms with Crippen molar-refractivity contribution >= 4 is 33.3 Å². The Bertz CT molecular complexity index is 638. The van der Waals surface area contributed by atoms with E-state index in [4.69, 9.17) is 0 Å².